The third-order valence-electron chi connectivity index (χ3n) is 2.50. The monoisotopic (exact) mass is 307 g/mol. The zero-order valence-corrected chi connectivity index (χ0v) is 12.5. The molecule has 2 atom stereocenters. The van der Waals surface area contributed by atoms with E-state index >= 15 is 0 Å². The molecule has 0 radical (unpaired) electrons. The third-order valence-corrected chi connectivity index (χ3v) is 4.54. The molecule has 3 nitrogen and oxygen atoms in total. The van der Waals surface area contributed by atoms with Crippen molar-refractivity contribution in [2.24, 2.45) is 0 Å². The van der Waals surface area contributed by atoms with Crippen molar-refractivity contribution in [2.75, 3.05) is 12.8 Å². The van der Waals surface area contributed by atoms with E-state index in [9.17, 15) is 9.00 Å². The summed E-state index contributed by atoms with van der Waals surface area (Å²) in [5.74, 6) is -0.120. The van der Waals surface area contributed by atoms with E-state index in [-0.39, 0.29) is 17.6 Å². The van der Waals surface area contributed by atoms with E-state index in [1.807, 2.05) is 6.92 Å². The van der Waals surface area contributed by atoms with Crippen molar-refractivity contribution in [2.45, 2.75) is 18.6 Å². The van der Waals surface area contributed by atoms with Crippen LogP contribution in [0.5, 0.6) is 0 Å². The summed E-state index contributed by atoms with van der Waals surface area (Å²) in [6, 6.07) is 5.09. The largest absolute Gasteiger partial charge is 0.355 e. The van der Waals surface area contributed by atoms with Gasteiger partial charge in [0.2, 0.25) is 5.91 Å². The summed E-state index contributed by atoms with van der Waals surface area (Å²) in [5.41, 5.74) is 0.798. The Morgan fingerprint density at radius 3 is 2.61 bits per heavy atom. The molecule has 0 bridgehead atoms. The highest BCUT2D eigenvalue weighted by Gasteiger charge is 2.09. The van der Waals surface area contributed by atoms with Gasteiger partial charge in [-0.2, -0.15) is 0 Å². The minimum Gasteiger partial charge on any atom is -0.355 e. The predicted octanol–water partition coefficient (Wildman–Crippen LogP) is 2.42. The quantitative estimate of drug-likeness (QED) is 0.908. The molecule has 1 rings (SSSR count). The number of hydrogen-bond donors (Lipinski definition) is 1. The van der Waals surface area contributed by atoms with Crippen molar-refractivity contribution in [1.82, 2.24) is 5.32 Å². The topological polar surface area (TPSA) is 46.2 Å². The average Bonchev–Trinajstić information content (AvgIpc) is 2.30. The van der Waals surface area contributed by atoms with Crippen LogP contribution in [0.2, 0.25) is 10.0 Å². The molecule has 0 saturated carbocycles. The second kappa shape index (κ2) is 7.12. The third kappa shape index (κ3) is 4.96. The van der Waals surface area contributed by atoms with Crippen LogP contribution in [0.1, 0.15) is 12.5 Å². The molecule has 1 aromatic carbocycles. The molecule has 0 fully saturated rings. The minimum atomic E-state index is -0.933. The maximum Gasteiger partial charge on any atom is 0.224 e. The number of hydrogen-bond acceptors (Lipinski definition) is 2. The zero-order valence-electron chi connectivity index (χ0n) is 10.2. The molecular weight excluding hydrogens is 293 g/mol. The first kappa shape index (κ1) is 15.5. The maximum absolute atomic E-state index is 11.6. The Balaban J connectivity index is 2.49. The van der Waals surface area contributed by atoms with Gasteiger partial charge < -0.3 is 5.32 Å². The first-order valence-corrected chi connectivity index (χ1v) is 7.80. The lowest BCUT2D eigenvalue weighted by molar-refractivity contribution is -0.120. The van der Waals surface area contributed by atoms with Crippen molar-refractivity contribution in [3.63, 3.8) is 0 Å². The standard InChI is InChI=1S/C12H15Cl2NO2S/c1-8(18(2)17)7-15-12(16)6-9-3-4-10(13)11(14)5-9/h3-5,8H,6-7H2,1-2H3,(H,15,16)/t8-,18-/m0/s1. The molecule has 0 aromatic heterocycles. The number of halogens is 2. The lowest BCUT2D eigenvalue weighted by Crippen LogP contribution is -2.33. The van der Waals surface area contributed by atoms with Crippen molar-refractivity contribution < 1.29 is 9.00 Å². The lowest BCUT2D eigenvalue weighted by Gasteiger charge is -2.10. The van der Waals surface area contributed by atoms with Crippen LogP contribution in [0.15, 0.2) is 18.2 Å². The molecule has 1 aromatic rings. The fraction of sp³-hybridized carbons (Fsp3) is 0.417. The molecule has 0 heterocycles. The SMILES string of the molecule is C[C@@H](CNC(=O)Cc1ccc(Cl)c(Cl)c1)[S@](C)=O. The molecule has 0 aliphatic carbocycles. The second-order valence-electron chi connectivity index (χ2n) is 4.04. The van der Waals surface area contributed by atoms with E-state index in [0.717, 1.165) is 5.56 Å². The number of amides is 1. The van der Waals surface area contributed by atoms with E-state index in [4.69, 9.17) is 23.2 Å². The predicted molar refractivity (Wildman–Crippen MR) is 76.7 cm³/mol. The zero-order chi connectivity index (χ0) is 13.7. The molecule has 1 N–H and O–H groups in total. The van der Waals surface area contributed by atoms with E-state index in [1.54, 1.807) is 24.5 Å². The van der Waals surface area contributed by atoms with Gasteiger partial charge in [0, 0.05) is 28.9 Å². The van der Waals surface area contributed by atoms with Gasteiger partial charge in [0.1, 0.15) is 0 Å². The van der Waals surface area contributed by atoms with E-state index in [0.29, 0.717) is 16.6 Å². The summed E-state index contributed by atoms with van der Waals surface area (Å²) < 4.78 is 11.1. The molecular formula is C12H15Cl2NO2S. The van der Waals surface area contributed by atoms with Gasteiger partial charge in [-0.15, -0.1) is 0 Å². The molecule has 0 saturated heterocycles. The van der Waals surface area contributed by atoms with Gasteiger partial charge in [-0.1, -0.05) is 29.3 Å². The van der Waals surface area contributed by atoms with Gasteiger partial charge in [0.15, 0.2) is 0 Å². The van der Waals surface area contributed by atoms with Crippen LogP contribution in [-0.4, -0.2) is 28.2 Å². The van der Waals surface area contributed by atoms with Gasteiger partial charge in [0.25, 0.3) is 0 Å². The van der Waals surface area contributed by atoms with Crippen LogP contribution in [-0.2, 0) is 22.0 Å². The second-order valence-corrected chi connectivity index (χ2v) is 6.65. The lowest BCUT2D eigenvalue weighted by atomic mass is 10.1. The van der Waals surface area contributed by atoms with Crippen LogP contribution in [0.4, 0.5) is 0 Å². The molecule has 0 aliphatic heterocycles. The summed E-state index contributed by atoms with van der Waals surface area (Å²) in [6.45, 7) is 2.23. The molecule has 1 amide bonds. The van der Waals surface area contributed by atoms with Crippen LogP contribution < -0.4 is 5.32 Å². The first-order valence-electron chi connectivity index (χ1n) is 5.43. The fourth-order valence-electron chi connectivity index (χ4n) is 1.27. The minimum absolute atomic E-state index is 0.0530. The maximum atomic E-state index is 11.6. The molecule has 0 aliphatic rings. The van der Waals surface area contributed by atoms with Crippen LogP contribution in [0.25, 0.3) is 0 Å². The van der Waals surface area contributed by atoms with Crippen LogP contribution in [0.3, 0.4) is 0 Å². The van der Waals surface area contributed by atoms with Crippen LogP contribution >= 0.6 is 23.2 Å². The van der Waals surface area contributed by atoms with Crippen molar-refractivity contribution in [3.05, 3.63) is 33.8 Å². The Labute approximate surface area is 119 Å². The number of benzene rings is 1. The van der Waals surface area contributed by atoms with Crippen molar-refractivity contribution >= 4 is 39.9 Å². The highest BCUT2D eigenvalue weighted by molar-refractivity contribution is 7.84. The Morgan fingerprint density at radius 2 is 2.06 bits per heavy atom. The van der Waals surface area contributed by atoms with Gasteiger partial charge in [-0.05, 0) is 24.6 Å². The van der Waals surface area contributed by atoms with Crippen molar-refractivity contribution in [1.29, 1.82) is 0 Å². The summed E-state index contributed by atoms with van der Waals surface area (Å²) in [7, 11) is -0.933. The highest BCUT2D eigenvalue weighted by Crippen LogP contribution is 2.22. The molecule has 100 valence electrons. The summed E-state index contributed by atoms with van der Waals surface area (Å²) in [6.07, 6.45) is 1.86. The Hall–Kier alpha value is -0.580. The normalized spacial score (nSPS) is 14.0. The molecule has 0 spiro atoms. The van der Waals surface area contributed by atoms with E-state index in [1.165, 1.54) is 0 Å². The number of rotatable bonds is 5. The fourth-order valence-corrected chi connectivity index (χ4v) is 1.91. The summed E-state index contributed by atoms with van der Waals surface area (Å²) in [4.78, 5) is 11.6. The van der Waals surface area contributed by atoms with Crippen LogP contribution in [0, 0.1) is 0 Å². The number of carbonyl (C=O) groups is 1. The Kier molecular flexibility index (Phi) is 6.12. The smallest absolute Gasteiger partial charge is 0.224 e. The number of carbonyl (C=O) groups excluding carboxylic acids is 1. The molecule has 0 unspecified atom stereocenters. The van der Waals surface area contributed by atoms with Gasteiger partial charge >= 0.3 is 0 Å². The molecule has 18 heavy (non-hydrogen) atoms. The summed E-state index contributed by atoms with van der Waals surface area (Å²) >= 11 is 11.7. The van der Waals surface area contributed by atoms with Gasteiger partial charge in [0.05, 0.1) is 16.5 Å². The highest BCUT2D eigenvalue weighted by atomic mass is 35.5. The van der Waals surface area contributed by atoms with E-state index in [2.05, 4.69) is 5.32 Å². The van der Waals surface area contributed by atoms with Gasteiger partial charge in [-0.25, -0.2) is 0 Å². The number of nitrogens with one attached hydrogen (secondary N) is 1. The molecule has 6 heteroatoms. The van der Waals surface area contributed by atoms with Gasteiger partial charge in [-0.3, -0.25) is 9.00 Å². The first-order chi connectivity index (χ1) is 8.40. The Bertz CT molecular complexity index is 465. The van der Waals surface area contributed by atoms with E-state index < -0.39 is 10.8 Å². The summed E-state index contributed by atoms with van der Waals surface area (Å²) in [5, 5.41) is 3.59. The average molecular weight is 308 g/mol. The van der Waals surface area contributed by atoms with Crippen molar-refractivity contribution in [3.8, 4) is 0 Å². The Morgan fingerprint density at radius 1 is 1.39 bits per heavy atom.